The van der Waals surface area contributed by atoms with Gasteiger partial charge in [-0.15, -0.1) is 0 Å². The summed E-state index contributed by atoms with van der Waals surface area (Å²) in [6.07, 6.45) is 3.58. The predicted molar refractivity (Wildman–Crippen MR) is 78.7 cm³/mol. The summed E-state index contributed by atoms with van der Waals surface area (Å²) in [4.78, 5) is 13.4. The predicted octanol–water partition coefficient (Wildman–Crippen LogP) is 2.38. The third-order valence-corrected chi connectivity index (χ3v) is 5.38. The first-order chi connectivity index (χ1) is 9.97. The number of aryl methyl sites for hydroxylation is 1. The van der Waals surface area contributed by atoms with Gasteiger partial charge in [0.05, 0.1) is 17.4 Å². The van der Waals surface area contributed by atoms with E-state index in [4.69, 9.17) is 4.74 Å². The molecule has 2 saturated heterocycles. The number of anilines is 1. The first kappa shape index (κ1) is 12.8. The van der Waals surface area contributed by atoms with Gasteiger partial charge in [-0.1, -0.05) is 24.6 Å². The molecule has 4 unspecified atom stereocenters. The second-order valence-electron chi connectivity index (χ2n) is 6.51. The summed E-state index contributed by atoms with van der Waals surface area (Å²) in [5.41, 5.74) is 0.600. The summed E-state index contributed by atoms with van der Waals surface area (Å²) >= 11 is 0. The third kappa shape index (κ3) is 1.50. The quantitative estimate of drug-likeness (QED) is 0.476. The van der Waals surface area contributed by atoms with Crippen LogP contribution in [0.25, 0.3) is 0 Å². The van der Waals surface area contributed by atoms with Gasteiger partial charge < -0.3 is 4.90 Å². The van der Waals surface area contributed by atoms with Crippen molar-refractivity contribution in [1.82, 2.24) is 0 Å². The molecule has 0 N–H and O–H groups in total. The fourth-order valence-corrected chi connectivity index (χ4v) is 4.12. The van der Waals surface area contributed by atoms with Crippen LogP contribution in [0.3, 0.4) is 0 Å². The lowest BCUT2D eigenvalue weighted by molar-refractivity contribution is -0.615. The molecule has 1 spiro atoms. The molecule has 4 rings (SSSR count). The largest absolute Gasteiger partial charge is 0.368 e. The fourth-order valence-electron chi connectivity index (χ4n) is 4.12. The van der Waals surface area contributed by atoms with Crippen molar-refractivity contribution in [3.63, 3.8) is 0 Å². The molecule has 5 nitrogen and oxygen atoms in total. The first-order valence-corrected chi connectivity index (χ1v) is 7.33. The Hall–Kier alpha value is -1.88. The van der Waals surface area contributed by atoms with Gasteiger partial charge in [0.2, 0.25) is 0 Å². The van der Waals surface area contributed by atoms with Crippen LogP contribution in [0.4, 0.5) is 5.69 Å². The van der Waals surface area contributed by atoms with Crippen molar-refractivity contribution >= 4 is 5.69 Å². The van der Waals surface area contributed by atoms with Gasteiger partial charge >= 0.3 is 5.72 Å². The van der Waals surface area contributed by atoms with Gasteiger partial charge in [-0.2, -0.15) is 0 Å². The standard InChI is InChI=1S/C16H18N2O3/c1-11-3-5-13(6-4-11)17-9-14-12(2)16(18(19)20)8-7-15(14,10-17)21-16/h3-8,12,14H,9-10H2,1-2H3. The number of hydrogen-bond donors (Lipinski definition) is 0. The summed E-state index contributed by atoms with van der Waals surface area (Å²) in [6.45, 7) is 5.51. The summed E-state index contributed by atoms with van der Waals surface area (Å²) in [5.74, 6) is 0.0714. The minimum Gasteiger partial charge on any atom is -0.368 e. The SMILES string of the molecule is Cc1ccc(N2CC3C(C)C4([N+](=O)[O-])C=CC3(C2)O4)cc1. The highest BCUT2D eigenvalue weighted by atomic mass is 16.7. The van der Waals surface area contributed by atoms with Crippen LogP contribution in [0, 0.1) is 28.9 Å². The van der Waals surface area contributed by atoms with E-state index < -0.39 is 11.3 Å². The van der Waals surface area contributed by atoms with Gasteiger partial charge in [-0.05, 0) is 25.1 Å². The van der Waals surface area contributed by atoms with E-state index in [1.807, 2.05) is 13.0 Å². The maximum absolute atomic E-state index is 11.4. The molecule has 3 heterocycles. The molecule has 0 radical (unpaired) electrons. The minimum absolute atomic E-state index is 0.104. The van der Waals surface area contributed by atoms with Crippen molar-refractivity contribution in [2.45, 2.75) is 25.2 Å². The molecule has 0 amide bonds. The highest BCUT2D eigenvalue weighted by Crippen LogP contribution is 2.57. The van der Waals surface area contributed by atoms with Crippen LogP contribution in [-0.4, -0.2) is 29.3 Å². The number of rotatable bonds is 2. The maximum atomic E-state index is 11.4. The van der Waals surface area contributed by atoms with E-state index in [2.05, 4.69) is 36.1 Å². The van der Waals surface area contributed by atoms with Crippen molar-refractivity contribution in [3.05, 3.63) is 52.1 Å². The molecular weight excluding hydrogens is 268 g/mol. The molecule has 0 aliphatic carbocycles. The van der Waals surface area contributed by atoms with Gasteiger partial charge in [0.25, 0.3) is 0 Å². The average molecular weight is 286 g/mol. The molecule has 4 atom stereocenters. The smallest absolute Gasteiger partial charge is 0.348 e. The Morgan fingerprint density at radius 1 is 1.33 bits per heavy atom. The zero-order valence-electron chi connectivity index (χ0n) is 12.2. The zero-order chi connectivity index (χ0) is 14.8. The highest BCUT2D eigenvalue weighted by Gasteiger charge is 2.72. The molecule has 0 aromatic heterocycles. The van der Waals surface area contributed by atoms with Crippen LogP contribution in [0.15, 0.2) is 36.4 Å². The molecule has 2 fully saturated rings. The number of nitrogens with zero attached hydrogens (tertiary/aromatic N) is 2. The van der Waals surface area contributed by atoms with Gasteiger partial charge in [-0.25, -0.2) is 0 Å². The van der Waals surface area contributed by atoms with Gasteiger partial charge in [0, 0.05) is 24.2 Å². The lowest BCUT2D eigenvalue weighted by Crippen LogP contribution is -2.42. The second-order valence-corrected chi connectivity index (χ2v) is 6.51. The number of benzene rings is 1. The van der Waals surface area contributed by atoms with Crippen LogP contribution in [-0.2, 0) is 4.74 Å². The molecule has 5 heteroatoms. The van der Waals surface area contributed by atoms with E-state index in [0.717, 1.165) is 12.2 Å². The summed E-state index contributed by atoms with van der Waals surface area (Å²) < 4.78 is 5.97. The summed E-state index contributed by atoms with van der Waals surface area (Å²) in [7, 11) is 0. The Morgan fingerprint density at radius 3 is 2.67 bits per heavy atom. The Morgan fingerprint density at radius 2 is 2.05 bits per heavy atom. The number of fused-ring (bicyclic) bond motifs is 1. The van der Waals surface area contributed by atoms with E-state index in [-0.39, 0.29) is 16.8 Å². The monoisotopic (exact) mass is 286 g/mol. The van der Waals surface area contributed by atoms with Crippen LogP contribution < -0.4 is 4.90 Å². The van der Waals surface area contributed by atoms with E-state index in [9.17, 15) is 10.1 Å². The van der Waals surface area contributed by atoms with E-state index in [1.54, 1.807) is 6.08 Å². The van der Waals surface area contributed by atoms with Crippen molar-refractivity contribution in [3.8, 4) is 0 Å². The number of ether oxygens (including phenoxy) is 1. The first-order valence-electron chi connectivity index (χ1n) is 7.33. The number of hydrogen-bond acceptors (Lipinski definition) is 4. The van der Waals surface area contributed by atoms with E-state index in [1.165, 1.54) is 5.56 Å². The Balaban J connectivity index is 1.65. The van der Waals surface area contributed by atoms with Gasteiger partial charge in [-0.3, -0.25) is 14.9 Å². The Bertz CT molecular complexity index is 641. The maximum Gasteiger partial charge on any atom is 0.348 e. The van der Waals surface area contributed by atoms with Crippen molar-refractivity contribution in [2.75, 3.05) is 18.0 Å². The molecule has 3 aliphatic heterocycles. The van der Waals surface area contributed by atoms with E-state index in [0.29, 0.717) is 6.54 Å². The lowest BCUT2D eigenvalue weighted by Gasteiger charge is -2.25. The van der Waals surface area contributed by atoms with Gasteiger partial charge in [0.15, 0.2) is 0 Å². The highest BCUT2D eigenvalue weighted by molar-refractivity contribution is 5.51. The Kier molecular flexibility index (Phi) is 2.35. The summed E-state index contributed by atoms with van der Waals surface area (Å²) in [6, 6.07) is 8.41. The Labute approximate surface area is 123 Å². The number of nitro groups is 1. The molecule has 3 aliphatic rings. The minimum atomic E-state index is -1.30. The zero-order valence-corrected chi connectivity index (χ0v) is 12.2. The molecule has 1 aromatic rings. The third-order valence-electron chi connectivity index (χ3n) is 5.38. The summed E-state index contributed by atoms with van der Waals surface area (Å²) in [5, 5.41) is 11.4. The molecule has 21 heavy (non-hydrogen) atoms. The van der Waals surface area contributed by atoms with Crippen molar-refractivity contribution < 1.29 is 9.66 Å². The molecule has 1 aromatic carbocycles. The van der Waals surface area contributed by atoms with Gasteiger partial charge in [0.1, 0.15) is 5.60 Å². The average Bonchev–Trinajstić information content (AvgIpc) is 3.08. The molecule has 0 saturated carbocycles. The normalized spacial score (nSPS) is 39.8. The lowest BCUT2D eigenvalue weighted by atomic mass is 9.76. The molecule has 110 valence electrons. The van der Waals surface area contributed by atoms with Crippen molar-refractivity contribution in [1.29, 1.82) is 0 Å². The van der Waals surface area contributed by atoms with Crippen LogP contribution in [0.5, 0.6) is 0 Å². The molecular formula is C16H18N2O3. The van der Waals surface area contributed by atoms with Crippen LogP contribution in [0.1, 0.15) is 12.5 Å². The van der Waals surface area contributed by atoms with Crippen LogP contribution in [0.2, 0.25) is 0 Å². The topological polar surface area (TPSA) is 55.6 Å². The van der Waals surface area contributed by atoms with Crippen molar-refractivity contribution in [2.24, 2.45) is 11.8 Å². The second kappa shape index (κ2) is 3.85. The fraction of sp³-hybridized carbons (Fsp3) is 0.500. The molecule has 2 bridgehead atoms. The van der Waals surface area contributed by atoms with E-state index >= 15 is 0 Å². The van der Waals surface area contributed by atoms with Crippen LogP contribution >= 0.6 is 0 Å².